The standard InChI is InChI=1S/C15H15NO4/c1-2-11-5-7-12(8-6-11)16-14(17)10-20-15(18)13-4-3-9-19-13/h3-9H,2,10H2,1H3,(H,16,17). The summed E-state index contributed by atoms with van der Waals surface area (Å²) in [5.74, 6) is -0.981. The second-order valence-corrected chi connectivity index (χ2v) is 4.15. The molecule has 0 spiro atoms. The van der Waals surface area contributed by atoms with Crippen LogP contribution < -0.4 is 5.32 Å². The lowest BCUT2D eigenvalue weighted by molar-refractivity contribution is -0.119. The van der Waals surface area contributed by atoms with E-state index in [4.69, 9.17) is 9.15 Å². The molecule has 0 fully saturated rings. The fourth-order valence-electron chi connectivity index (χ4n) is 1.62. The zero-order valence-corrected chi connectivity index (χ0v) is 11.1. The maximum absolute atomic E-state index is 11.6. The average molecular weight is 273 g/mol. The first kappa shape index (κ1) is 13.9. The zero-order valence-electron chi connectivity index (χ0n) is 11.1. The second kappa shape index (κ2) is 6.56. The van der Waals surface area contributed by atoms with Gasteiger partial charge < -0.3 is 14.5 Å². The Morgan fingerprint density at radius 1 is 1.20 bits per heavy atom. The summed E-state index contributed by atoms with van der Waals surface area (Å²) in [6, 6.07) is 10.5. The van der Waals surface area contributed by atoms with Crippen LogP contribution in [0.1, 0.15) is 23.0 Å². The van der Waals surface area contributed by atoms with Gasteiger partial charge in [-0.05, 0) is 36.2 Å². The Balaban J connectivity index is 1.81. The molecule has 1 N–H and O–H groups in total. The molecular formula is C15H15NO4. The van der Waals surface area contributed by atoms with Crippen LogP contribution in [0, 0.1) is 0 Å². The van der Waals surface area contributed by atoms with Crippen molar-refractivity contribution in [3.63, 3.8) is 0 Å². The number of rotatable bonds is 5. The van der Waals surface area contributed by atoms with Gasteiger partial charge in [0, 0.05) is 5.69 Å². The molecule has 2 aromatic rings. The third-order valence-electron chi connectivity index (χ3n) is 2.70. The van der Waals surface area contributed by atoms with Crippen molar-refractivity contribution in [2.45, 2.75) is 13.3 Å². The molecule has 5 nitrogen and oxygen atoms in total. The van der Waals surface area contributed by atoms with E-state index in [-0.39, 0.29) is 12.4 Å². The summed E-state index contributed by atoms with van der Waals surface area (Å²) in [7, 11) is 0. The van der Waals surface area contributed by atoms with E-state index in [0.717, 1.165) is 6.42 Å². The Kier molecular flexibility index (Phi) is 4.55. The summed E-state index contributed by atoms with van der Waals surface area (Å²) < 4.78 is 9.69. The van der Waals surface area contributed by atoms with Crippen molar-refractivity contribution >= 4 is 17.6 Å². The molecule has 0 saturated heterocycles. The van der Waals surface area contributed by atoms with E-state index in [1.54, 1.807) is 6.07 Å². The van der Waals surface area contributed by atoms with Crippen LogP contribution in [0.25, 0.3) is 0 Å². The first-order chi connectivity index (χ1) is 9.69. The number of ether oxygens (including phenoxy) is 1. The van der Waals surface area contributed by atoms with Crippen LogP contribution in [-0.4, -0.2) is 18.5 Å². The molecule has 0 saturated carbocycles. The Bertz CT molecular complexity index is 572. The van der Waals surface area contributed by atoms with Crippen LogP contribution in [0.15, 0.2) is 47.1 Å². The molecule has 2 rings (SSSR count). The summed E-state index contributed by atoms with van der Waals surface area (Å²) in [6.45, 7) is 1.71. The van der Waals surface area contributed by atoms with Crippen molar-refractivity contribution in [3.8, 4) is 0 Å². The number of carbonyl (C=O) groups is 2. The van der Waals surface area contributed by atoms with Crippen LogP contribution in [0.2, 0.25) is 0 Å². The Hall–Kier alpha value is -2.56. The van der Waals surface area contributed by atoms with E-state index in [1.807, 2.05) is 24.3 Å². The number of aryl methyl sites for hydroxylation is 1. The van der Waals surface area contributed by atoms with Gasteiger partial charge in [-0.25, -0.2) is 4.79 Å². The van der Waals surface area contributed by atoms with E-state index >= 15 is 0 Å². The predicted molar refractivity (Wildman–Crippen MR) is 73.4 cm³/mol. The van der Waals surface area contributed by atoms with Crippen LogP contribution in [0.5, 0.6) is 0 Å². The predicted octanol–water partition coefficient (Wildman–Crippen LogP) is 2.64. The van der Waals surface area contributed by atoms with Gasteiger partial charge in [0.1, 0.15) is 0 Å². The molecule has 0 aliphatic heterocycles. The first-order valence-electron chi connectivity index (χ1n) is 6.28. The van der Waals surface area contributed by atoms with Crippen molar-refractivity contribution < 1.29 is 18.7 Å². The zero-order chi connectivity index (χ0) is 14.4. The number of esters is 1. The maximum atomic E-state index is 11.6. The Labute approximate surface area is 116 Å². The maximum Gasteiger partial charge on any atom is 0.374 e. The van der Waals surface area contributed by atoms with Crippen molar-refractivity contribution in [2.75, 3.05) is 11.9 Å². The van der Waals surface area contributed by atoms with Crippen LogP contribution >= 0.6 is 0 Å². The highest BCUT2D eigenvalue weighted by molar-refractivity contribution is 5.94. The summed E-state index contributed by atoms with van der Waals surface area (Å²) >= 11 is 0. The fourth-order valence-corrected chi connectivity index (χ4v) is 1.62. The number of hydrogen-bond acceptors (Lipinski definition) is 4. The molecule has 0 aliphatic carbocycles. The van der Waals surface area contributed by atoms with Crippen molar-refractivity contribution in [2.24, 2.45) is 0 Å². The lowest BCUT2D eigenvalue weighted by Gasteiger charge is -2.06. The molecule has 1 heterocycles. The van der Waals surface area contributed by atoms with Gasteiger partial charge in [-0.2, -0.15) is 0 Å². The highest BCUT2D eigenvalue weighted by Gasteiger charge is 2.12. The minimum absolute atomic E-state index is 0.0742. The molecule has 0 atom stereocenters. The lowest BCUT2D eigenvalue weighted by Crippen LogP contribution is -2.20. The van der Waals surface area contributed by atoms with Crippen LogP contribution in [0.3, 0.4) is 0 Å². The number of anilines is 1. The molecule has 0 radical (unpaired) electrons. The number of amides is 1. The largest absolute Gasteiger partial charge is 0.457 e. The summed E-state index contributed by atoms with van der Waals surface area (Å²) in [5.41, 5.74) is 1.86. The summed E-state index contributed by atoms with van der Waals surface area (Å²) in [5, 5.41) is 2.65. The third kappa shape index (κ3) is 3.71. The number of benzene rings is 1. The Morgan fingerprint density at radius 3 is 2.55 bits per heavy atom. The van der Waals surface area contributed by atoms with Gasteiger partial charge in [0.15, 0.2) is 6.61 Å². The SMILES string of the molecule is CCc1ccc(NC(=O)COC(=O)c2ccco2)cc1. The minimum Gasteiger partial charge on any atom is -0.457 e. The highest BCUT2D eigenvalue weighted by atomic mass is 16.5. The normalized spacial score (nSPS) is 10.1. The van der Waals surface area contributed by atoms with Crippen molar-refractivity contribution in [1.82, 2.24) is 0 Å². The van der Waals surface area contributed by atoms with Crippen LogP contribution in [-0.2, 0) is 16.0 Å². The molecule has 1 aromatic heterocycles. The van der Waals surface area contributed by atoms with Gasteiger partial charge >= 0.3 is 5.97 Å². The number of furan rings is 1. The average Bonchev–Trinajstić information content (AvgIpc) is 3.00. The van der Waals surface area contributed by atoms with Crippen molar-refractivity contribution in [1.29, 1.82) is 0 Å². The summed E-state index contributed by atoms with van der Waals surface area (Å²) in [4.78, 5) is 23.1. The molecule has 0 bridgehead atoms. The molecule has 0 unspecified atom stereocenters. The molecule has 1 amide bonds. The monoisotopic (exact) mass is 273 g/mol. The van der Waals surface area contributed by atoms with Gasteiger partial charge in [0.2, 0.25) is 5.76 Å². The number of nitrogens with one attached hydrogen (secondary N) is 1. The Morgan fingerprint density at radius 2 is 1.95 bits per heavy atom. The van der Waals surface area contributed by atoms with E-state index in [1.165, 1.54) is 17.9 Å². The van der Waals surface area contributed by atoms with E-state index in [9.17, 15) is 9.59 Å². The minimum atomic E-state index is -0.661. The third-order valence-corrected chi connectivity index (χ3v) is 2.70. The van der Waals surface area contributed by atoms with Crippen molar-refractivity contribution in [3.05, 3.63) is 54.0 Å². The summed E-state index contributed by atoms with van der Waals surface area (Å²) in [6.07, 6.45) is 2.31. The molecular weight excluding hydrogens is 258 g/mol. The van der Waals surface area contributed by atoms with Gasteiger partial charge in [-0.15, -0.1) is 0 Å². The topological polar surface area (TPSA) is 68.5 Å². The fraction of sp³-hybridized carbons (Fsp3) is 0.200. The van der Waals surface area contributed by atoms with E-state index in [2.05, 4.69) is 12.2 Å². The number of hydrogen-bond donors (Lipinski definition) is 1. The van der Waals surface area contributed by atoms with Gasteiger partial charge in [-0.3, -0.25) is 4.79 Å². The smallest absolute Gasteiger partial charge is 0.374 e. The van der Waals surface area contributed by atoms with E-state index in [0.29, 0.717) is 5.69 Å². The van der Waals surface area contributed by atoms with Gasteiger partial charge in [-0.1, -0.05) is 19.1 Å². The first-order valence-corrected chi connectivity index (χ1v) is 6.28. The van der Waals surface area contributed by atoms with Crippen LogP contribution in [0.4, 0.5) is 5.69 Å². The molecule has 1 aromatic carbocycles. The van der Waals surface area contributed by atoms with Gasteiger partial charge in [0.05, 0.1) is 6.26 Å². The second-order valence-electron chi connectivity index (χ2n) is 4.15. The lowest BCUT2D eigenvalue weighted by atomic mass is 10.1. The van der Waals surface area contributed by atoms with Gasteiger partial charge in [0.25, 0.3) is 5.91 Å². The molecule has 5 heteroatoms. The van der Waals surface area contributed by atoms with E-state index < -0.39 is 11.9 Å². The molecule has 0 aliphatic rings. The number of carbonyl (C=O) groups excluding carboxylic acids is 2. The quantitative estimate of drug-likeness (QED) is 0.850. The highest BCUT2D eigenvalue weighted by Crippen LogP contribution is 2.10. The molecule has 20 heavy (non-hydrogen) atoms. The molecule has 104 valence electrons.